The molecule has 5 atom stereocenters. The summed E-state index contributed by atoms with van der Waals surface area (Å²) in [5.74, 6) is -4.56. The number of likely N-dealkylation sites (tertiary alicyclic amines) is 1. The summed E-state index contributed by atoms with van der Waals surface area (Å²) in [7, 11) is -4.14. The summed E-state index contributed by atoms with van der Waals surface area (Å²) in [6.07, 6.45) is -0.339. The minimum Gasteiger partial charge on any atom is -0.464 e. The molecular formula is C40H47F2N5O9S. The molecule has 7 rings (SSSR count). The van der Waals surface area contributed by atoms with E-state index in [4.69, 9.17) is 14.0 Å². The zero-order valence-electron chi connectivity index (χ0n) is 31.9. The van der Waals surface area contributed by atoms with Crippen molar-refractivity contribution in [3.8, 4) is 11.1 Å². The van der Waals surface area contributed by atoms with E-state index in [0.29, 0.717) is 47.6 Å². The lowest BCUT2D eigenvalue weighted by atomic mass is 9.85. The molecule has 4 aliphatic rings. The molecule has 3 saturated carbocycles. The number of hydrogen-bond acceptors (Lipinski definition) is 10. The Morgan fingerprint density at radius 3 is 2.30 bits per heavy atom. The fourth-order valence-corrected chi connectivity index (χ4v) is 9.03. The van der Waals surface area contributed by atoms with E-state index in [1.807, 2.05) is 41.1 Å². The Balaban J connectivity index is 1.20. The molecule has 3 aromatic rings. The van der Waals surface area contributed by atoms with Crippen molar-refractivity contribution < 1.29 is 50.4 Å². The summed E-state index contributed by atoms with van der Waals surface area (Å²) in [5, 5.41) is 9.88. The van der Waals surface area contributed by atoms with Gasteiger partial charge >= 0.3 is 6.09 Å². The number of hydrogen-bond donors (Lipinski definition) is 3. The quantitative estimate of drug-likeness (QED) is 0.218. The molecule has 3 N–H and O–H groups in total. The Hall–Kier alpha value is -5.06. The number of amides is 4. The molecule has 57 heavy (non-hydrogen) atoms. The summed E-state index contributed by atoms with van der Waals surface area (Å²) in [5.41, 5.74) is -1.22. The highest BCUT2D eigenvalue weighted by atomic mass is 32.2. The molecular weight excluding hydrogens is 765 g/mol. The monoisotopic (exact) mass is 811 g/mol. The van der Waals surface area contributed by atoms with E-state index in [0.717, 1.165) is 18.4 Å². The van der Waals surface area contributed by atoms with Crippen molar-refractivity contribution in [2.75, 3.05) is 6.54 Å². The first-order chi connectivity index (χ1) is 27.1. The minimum absolute atomic E-state index is 0.183. The van der Waals surface area contributed by atoms with E-state index in [-0.39, 0.29) is 19.1 Å². The average Bonchev–Trinajstić information content (AvgIpc) is 4.06. The normalized spacial score (nSPS) is 24.6. The molecule has 1 saturated heterocycles. The zero-order valence-corrected chi connectivity index (χ0v) is 32.7. The van der Waals surface area contributed by atoms with Gasteiger partial charge in [-0.1, -0.05) is 68.4 Å². The van der Waals surface area contributed by atoms with Crippen LogP contribution in [0.1, 0.15) is 72.1 Å². The summed E-state index contributed by atoms with van der Waals surface area (Å²) in [6.45, 7) is 4.98. The summed E-state index contributed by atoms with van der Waals surface area (Å²) in [6, 6.07) is 13.9. The van der Waals surface area contributed by atoms with Crippen LogP contribution < -0.4 is 20.7 Å². The van der Waals surface area contributed by atoms with Crippen LogP contribution in [0, 0.1) is 11.3 Å². The van der Waals surface area contributed by atoms with Gasteiger partial charge in [-0.05, 0) is 68.1 Å². The van der Waals surface area contributed by atoms with Gasteiger partial charge in [-0.2, -0.15) is 0 Å². The Morgan fingerprint density at radius 1 is 0.965 bits per heavy atom. The largest absolute Gasteiger partial charge is 0.464 e. The Morgan fingerprint density at radius 2 is 1.65 bits per heavy atom. The Labute approximate surface area is 328 Å². The third-order valence-corrected chi connectivity index (χ3v) is 13.0. The van der Waals surface area contributed by atoms with Gasteiger partial charge in [0.1, 0.15) is 47.0 Å². The third-order valence-electron chi connectivity index (χ3n) is 11.1. The second-order valence-corrected chi connectivity index (χ2v) is 18.4. The van der Waals surface area contributed by atoms with Crippen molar-refractivity contribution in [1.29, 1.82) is 0 Å². The van der Waals surface area contributed by atoms with E-state index in [2.05, 4.69) is 15.8 Å². The lowest BCUT2D eigenvalue weighted by Crippen LogP contribution is -2.60. The molecule has 2 heterocycles. The van der Waals surface area contributed by atoms with E-state index < -0.39 is 87.0 Å². The Bertz CT molecular complexity index is 2200. The van der Waals surface area contributed by atoms with Gasteiger partial charge in [-0.15, -0.1) is 0 Å². The van der Waals surface area contributed by atoms with Crippen molar-refractivity contribution in [2.45, 2.75) is 114 Å². The molecule has 0 spiro atoms. The van der Waals surface area contributed by atoms with Crippen LogP contribution in [0.25, 0.3) is 22.1 Å². The number of carbonyl (C=O) groups excluding carboxylic acids is 4. The SMILES string of the molecule is CC(C)(C)[C@H](NC(=O)OC1CCCC1)C(=O)N1C[C@H](O/N=c2/c(-c3ccccc3)coc3ccccc23)C[C@H]1C(=O)N[C@@]1(C(=O)NS(=O)(=O)C2CC2)C[C@H]1C(F)F. The zero-order chi connectivity index (χ0) is 40.7. The van der Waals surface area contributed by atoms with Crippen LogP contribution in [0.4, 0.5) is 13.6 Å². The predicted octanol–water partition coefficient (Wildman–Crippen LogP) is 4.73. The molecule has 4 amide bonds. The molecule has 0 bridgehead atoms. The van der Waals surface area contributed by atoms with Crippen LogP contribution in [0.3, 0.4) is 0 Å². The minimum atomic E-state index is -4.14. The van der Waals surface area contributed by atoms with Crippen LogP contribution in [-0.2, 0) is 34.0 Å². The number of rotatable bonds is 12. The van der Waals surface area contributed by atoms with Gasteiger partial charge in [0.2, 0.25) is 28.3 Å². The first-order valence-electron chi connectivity index (χ1n) is 19.3. The highest BCUT2D eigenvalue weighted by Crippen LogP contribution is 2.48. The smallest absolute Gasteiger partial charge is 0.408 e. The first kappa shape index (κ1) is 40.1. The summed E-state index contributed by atoms with van der Waals surface area (Å²) in [4.78, 5) is 62.7. The lowest BCUT2D eigenvalue weighted by molar-refractivity contribution is -0.143. The molecule has 306 valence electrons. The van der Waals surface area contributed by atoms with Crippen molar-refractivity contribution in [3.63, 3.8) is 0 Å². The molecule has 3 aliphatic carbocycles. The van der Waals surface area contributed by atoms with Crippen LogP contribution in [0.2, 0.25) is 0 Å². The van der Waals surface area contributed by atoms with Gasteiger partial charge in [0.15, 0.2) is 0 Å². The topological polar surface area (TPSA) is 186 Å². The van der Waals surface area contributed by atoms with E-state index in [1.54, 1.807) is 45.2 Å². The molecule has 0 unspecified atom stereocenters. The number of sulfonamides is 1. The fraction of sp³-hybridized carbons (Fsp3) is 0.525. The second kappa shape index (κ2) is 15.7. The van der Waals surface area contributed by atoms with E-state index in [9.17, 15) is 36.4 Å². The van der Waals surface area contributed by atoms with Gasteiger partial charge in [-0.25, -0.2) is 22.0 Å². The highest BCUT2D eigenvalue weighted by molar-refractivity contribution is 7.91. The van der Waals surface area contributed by atoms with E-state index in [1.165, 1.54) is 4.90 Å². The molecule has 1 aromatic heterocycles. The number of nitrogens with zero attached hydrogens (tertiary/aromatic N) is 2. The summed E-state index contributed by atoms with van der Waals surface area (Å²) < 4.78 is 67.1. The van der Waals surface area contributed by atoms with Crippen LogP contribution in [0.15, 0.2) is 70.4 Å². The maximum atomic E-state index is 14.6. The van der Waals surface area contributed by atoms with Crippen molar-refractivity contribution in [3.05, 3.63) is 66.2 Å². The molecule has 0 radical (unpaired) electrons. The number of carbonyl (C=O) groups is 4. The van der Waals surface area contributed by atoms with Gasteiger partial charge < -0.3 is 29.5 Å². The van der Waals surface area contributed by atoms with Gasteiger partial charge in [0, 0.05) is 17.4 Å². The summed E-state index contributed by atoms with van der Waals surface area (Å²) >= 11 is 0. The van der Waals surface area contributed by atoms with Crippen LogP contribution in [0.5, 0.6) is 0 Å². The Kier molecular flexibility index (Phi) is 11.1. The number of alkyl carbamates (subject to hydrolysis) is 1. The van der Waals surface area contributed by atoms with E-state index >= 15 is 0 Å². The van der Waals surface area contributed by atoms with Crippen molar-refractivity contribution in [2.24, 2.45) is 16.5 Å². The maximum Gasteiger partial charge on any atom is 0.408 e. The maximum absolute atomic E-state index is 14.6. The number of alkyl halides is 2. The molecule has 4 fully saturated rings. The fourth-order valence-electron chi connectivity index (χ4n) is 7.67. The highest BCUT2D eigenvalue weighted by Gasteiger charge is 2.67. The second-order valence-electron chi connectivity index (χ2n) is 16.5. The number of benzene rings is 2. The van der Waals surface area contributed by atoms with Crippen LogP contribution in [-0.4, -0.2) is 85.2 Å². The average molecular weight is 812 g/mol. The van der Waals surface area contributed by atoms with Gasteiger partial charge in [0.05, 0.1) is 17.7 Å². The number of ether oxygens (including phenoxy) is 1. The first-order valence-corrected chi connectivity index (χ1v) is 20.8. The van der Waals surface area contributed by atoms with Crippen molar-refractivity contribution >= 4 is 44.8 Å². The predicted molar refractivity (Wildman–Crippen MR) is 202 cm³/mol. The molecule has 14 nitrogen and oxygen atoms in total. The third kappa shape index (κ3) is 8.62. The number of nitrogens with one attached hydrogen (secondary N) is 3. The van der Waals surface area contributed by atoms with Gasteiger partial charge in [0.25, 0.3) is 5.91 Å². The van der Waals surface area contributed by atoms with Crippen molar-refractivity contribution in [1.82, 2.24) is 20.3 Å². The van der Waals surface area contributed by atoms with Crippen LogP contribution >= 0.6 is 0 Å². The molecule has 2 aromatic carbocycles. The number of para-hydroxylation sites is 1. The number of halogens is 2. The molecule has 17 heteroatoms. The number of fused-ring (bicyclic) bond motifs is 1. The standard InChI is InChI=1S/C40H47F2N5O9S/c1-39(2,3)33(43-38(51)55-24-13-7-8-14-24)36(49)47-21-25(56-45-32-27-15-9-10-16-31(27)54-22-28(32)23-11-5-4-6-12-23)19-30(47)35(48)44-40(20-29(40)34(41)42)37(50)46-57(52,53)26-17-18-26/h4-6,9-12,15-16,22,24-26,29-30,33-34H,7-8,13-14,17-21H2,1-3H3,(H,43,51)(H,44,48)(H,46,50)/b45-32+/t25-,29+,30+,33-,40+/m1/s1. The molecule has 1 aliphatic heterocycles. The lowest BCUT2D eigenvalue weighted by Gasteiger charge is -2.35. The van der Waals surface area contributed by atoms with Gasteiger partial charge in [-0.3, -0.25) is 19.1 Å².